The first-order valence-corrected chi connectivity index (χ1v) is 10.1. The molecule has 5 aromatic rings. The zero-order valence-electron chi connectivity index (χ0n) is 16.3. The van der Waals surface area contributed by atoms with Crippen molar-refractivity contribution in [3.05, 3.63) is 103 Å². The highest BCUT2D eigenvalue weighted by atomic mass is 14.9. The average Bonchev–Trinajstić information content (AvgIpc) is 3.15. The second-order valence-electron chi connectivity index (χ2n) is 7.52. The quantitative estimate of drug-likeness (QED) is 0.322. The van der Waals surface area contributed by atoms with E-state index in [1.807, 2.05) is 24.3 Å². The Hall–Kier alpha value is -4.04. The first kappa shape index (κ1) is 16.9. The molecule has 0 N–H and O–H groups in total. The summed E-state index contributed by atoms with van der Waals surface area (Å²) in [5.41, 5.74) is 8.65. The van der Waals surface area contributed by atoms with Gasteiger partial charge in [-0.15, -0.1) is 0 Å². The first-order chi connectivity index (χ1) is 14.8. The van der Waals surface area contributed by atoms with Crippen molar-refractivity contribution in [1.29, 1.82) is 0 Å². The lowest BCUT2D eigenvalue weighted by molar-refractivity contribution is 1.19. The molecule has 0 unspecified atom stereocenters. The molecule has 140 valence electrons. The van der Waals surface area contributed by atoms with E-state index in [9.17, 15) is 0 Å². The second-order valence-corrected chi connectivity index (χ2v) is 7.52. The lowest BCUT2D eigenvalue weighted by Gasteiger charge is -2.12. The number of rotatable bonds is 3. The summed E-state index contributed by atoms with van der Waals surface area (Å²) in [6.45, 7) is 3.90. The molecular weight excluding hydrogens is 364 g/mol. The summed E-state index contributed by atoms with van der Waals surface area (Å²) in [7, 11) is 0. The minimum Gasteiger partial charge on any atom is -0.227 e. The van der Waals surface area contributed by atoms with E-state index >= 15 is 0 Å². The molecule has 0 radical (unpaired) electrons. The van der Waals surface area contributed by atoms with Crippen LogP contribution in [0.25, 0.3) is 61.9 Å². The third-order valence-corrected chi connectivity index (χ3v) is 5.77. The second kappa shape index (κ2) is 6.50. The summed E-state index contributed by atoms with van der Waals surface area (Å²) in [6.07, 6.45) is 1.85. The molecule has 0 saturated heterocycles. The van der Waals surface area contributed by atoms with Gasteiger partial charge in [-0.2, -0.15) is 0 Å². The van der Waals surface area contributed by atoms with Gasteiger partial charge in [0.2, 0.25) is 0 Å². The lowest BCUT2D eigenvalue weighted by Crippen LogP contribution is -1.97. The fraction of sp³-hybridized carbons (Fsp3) is 0. The number of fused-ring (bicyclic) bond motifs is 3. The molecule has 30 heavy (non-hydrogen) atoms. The van der Waals surface area contributed by atoms with E-state index in [0.717, 1.165) is 39.5 Å². The van der Waals surface area contributed by atoms with Gasteiger partial charge in [0.25, 0.3) is 0 Å². The monoisotopic (exact) mass is 382 g/mol. The van der Waals surface area contributed by atoms with Gasteiger partial charge in [0.05, 0.1) is 11.4 Å². The maximum Gasteiger partial charge on any atom is 0.160 e. The maximum atomic E-state index is 5.08. The third kappa shape index (κ3) is 2.44. The van der Waals surface area contributed by atoms with Crippen molar-refractivity contribution >= 4 is 16.8 Å². The molecule has 0 bridgehead atoms. The van der Waals surface area contributed by atoms with Crippen molar-refractivity contribution in [2.45, 2.75) is 0 Å². The minimum absolute atomic E-state index is 0.737. The first-order valence-electron chi connectivity index (χ1n) is 10.1. The summed E-state index contributed by atoms with van der Waals surface area (Å²) >= 11 is 0. The zero-order valence-corrected chi connectivity index (χ0v) is 16.3. The minimum atomic E-state index is 0.737. The van der Waals surface area contributed by atoms with E-state index in [-0.39, 0.29) is 0 Å². The standard InChI is InChI=1S/C28H18N2/c1-2-18-9-6-14-21(17-18)28-29-26(20-10-4-3-5-11-20)25-22-15-7-12-19-13-8-16-23(24(19)22)27(25)30-28/h2-17H,1H2. The Morgan fingerprint density at radius 1 is 0.633 bits per heavy atom. The lowest BCUT2D eigenvalue weighted by atomic mass is 9.99. The Labute approximate surface area is 175 Å². The van der Waals surface area contributed by atoms with Crippen LogP contribution in [-0.2, 0) is 0 Å². The Balaban J connectivity index is 1.72. The summed E-state index contributed by atoms with van der Waals surface area (Å²) in [4.78, 5) is 10.2. The van der Waals surface area contributed by atoms with Gasteiger partial charge in [0, 0.05) is 22.3 Å². The van der Waals surface area contributed by atoms with Crippen molar-refractivity contribution in [2.75, 3.05) is 0 Å². The Morgan fingerprint density at radius 2 is 1.33 bits per heavy atom. The molecule has 0 amide bonds. The van der Waals surface area contributed by atoms with Gasteiger partial charge in [0.15, 0.2) is 5.82 Å². The molecule has 0 saturated carbocycles. The van der Waals surface area contributed by atoms with E-state index in [4.69, 9.17) is 9.97 Å². The van der Waals surface area contributed by atoms with Crippen molar-refractivity contribution in [2.24, 2.45) is 0 Å². The number of aromatic nitrogens is 2. The van der Waals surface area contributed by atoms with E-state index < -0.39 is 0 Å². The van der Waals surface area contributed by atoms with E-state index in [2.05, 4.69) is 79.4 Å². The highest BCUT2D eigenvalue weighted by molar-refractivity contribution is 6.16. The fourth-order valence-electron chi connectivity index (χ4n) is 4.40. The van der Waals surface area contributed by atoms with Gasteiger partial charge >= 0.3 is 0 Å². The Morgan fingerprint density at radius 3 is 2.13 bits per heavy atom. The van der Waals surface area contributed by atoms with Crippen LogP contribution in [0.15, 0.2) is 97.6 Å². The van der Waals surface area contributed by atoms with E-state index in [0.29, 0.717) is 0 Å². The fourth-order valence-corrected chi connectivity index (χ4v) is 4.40. The maximum absolute atomic E-state index is 5.08. The van der Waals surface area contributed by atoms with Gasteiger partial charge in [-0.3, -0.25) is 0 Å². The van der Waals surface area contributed by atoms with Crippen LogP contribution in [0.1, 0.15) is 5.56 Å². The third-order valence-electron chi connectivity index (χ3n) is 5.77. The van der Waals surface area contributed by atoms with Crippen molar-refractivity contribution in [3.8, 4) is 45.0 Å². The van der Waals surface area contributed by atoms with Gasteiger partial charge in [-0.05, 0) is 28.0 Å². The predicted octanol–water partition coefficient (Wildman–Crippen LogP) is 7.25. The molecule has 0 spiro atoms. The van der Waals surface area contributed by atoms with Gasteiger partial charge in [-0.1, -0.05) is 97.6 Å². The zero-order chi connectivity index (χ0) is 20.1. The molecule has 0 atom stereocenters. The van der Waals surface area contributed by atoms with Crippen molar-refractivity contribution < 1.29 is 0 Å². The summed E-state index contributed by atoms with van der Waals surface area (Å²) < 4.78 is 0. The normalized spacial score (nSPS) is 11.5. The molecule has 2 nitrogen and oxygen atoms in total. The van der Waals surface area contributed by atoms with Crippen LogP contribution in [0.5, 0.6) is 0 Å². The number of hydrogen-bond acceptors (Lipinski definition) is 2. The largest absolute Gasteiger partial charge is 0.227 e. The van der Waals surface area contributed by atoms with Crippen LogP contribution >= 0.6 is 0 Å². The molecule has 1 aliphatic carbocycles. The van der Waals surface area contributed by atoms with E-state index in [1.165, 1.54) is 21.9 Å². The number of benzene rings is 4. The van der Waals surface area contributed by atoms with Gasteiger partial charge in [-0.25, -0.2) is 9.97 Å². The van der Waals surface area contributed by atoms with Crippen LogP contribution in [0.4, 0.5) is 0 Å². The predicted molar refractivity (Wildman–Crippen MR) is 125 cm³/mol. The smallest absolute Gasteiger partial charge is 0.160 e. The van der Waals surface area contributed by atoms with Crippen LogP contribution in [-0.4, -0.2) is 9.97 Å². The summed E-state index contributed by atoms with van der Waals surface area (Å²) in [5.74, 6) is 0.737. The molecule has 2 heteroatoms. The molecule has 6 rings (SSSR count). The van der Waals surface area contributed by atoms with Crippen LogP contribution < -0.4 is 0 Å². The Kier molecular flexibility index (Phi) is 3.65. The van der Waals surface area contributed by atoms with Crippen LogP contribution in [0.2, 0.25) is 0 Å². The van der Waals surface area contributed by atoms with Crippen molar-refractivity contribution in [1.82, 2.24) is 9.97 Å². The molecule has 0 aliphatic heterocycles. The highest BCUT2D eigenvalue weighted by Gasteiger charge is 2.27. The van der Waals surface area contributed by atoms with Crippen molar-refractivity contribution in [3.63, 3.8) is 0 Å². The molecule has 1 heterocycles. The molecule has 4 aromatic carbocycles. The molecule has 0 fully saturated rings. The SMILES string of the molecule is C=Cc1cccc(-c2nc(-c3ccccc3)c3c(n2)-c2cccc4cccc-3c24)c1. The van der Waals surface area contributed by atoms with Gasteiger partial charge < -0.3 is 0 Å². The summed E-state index contributed by atoms with van der Waals surface area (Å²) in [5, 5.41) is 2.50. The van der Waals surface area contributed by atoms with Gasteiger partial charge in [0.1, 0.15) is 0 Å². The Bertz CT molecular complexity index is 1440. The molecular formula is C28H18N2. The average molecular weight is 382 g/mol. The molecule has 1 aliphatic rings. The topological polar surface area (TPSA) is 25.8 Å². The molecule has 1 aromatic heterocycles. The van der Waals surface area contributed by atoms with Crippen LogP contribution in [0.3, 0.4) is 0 Å². The number of nitrogens with zero attached hydrogens (tertiary/aromatic N) is 2. The van der Waals surface area contributed by atoms with E-state index in [1.54, 1.807) is 0 Å². The summed E-state index contributed by atoms with van der Waals surface area (Å²) in [6, 6.07) is 31.5. The number of hydrogen-bond donors (Lipinski definition) is 0. The highest BCUT2D eigenvalue weighted by Crippen LogP contribution is 2.50. The van der Waals surface area contributed by atoms with Crippen LogP contribution in [0, 0.1) is 0 Å².